The van der Waals surface area contributed by atoms with Gasteiger partial charge in [0, 0.05) is 12.8 Å². The highest BCUT2D eigenvalue weighted by Crippen LogP contribution is 2.26. The minimum Gasteiger partial charge on any atom is -0.462 e. The molecule has 7 N–H and O–H groups in total. The topological polar surface area (TPSA) is 231 Å². The fourth-order valence-corrected chi connectivity index (χ4v) is 7.33. The van der Waals surface area contributed by atoms with E-state index in [1.807, 2.05) is 0 Å². The van der Waals surface area contributed by atoms with Crippen molar-refractivity contribution < 1.29 is 73.8 Å². The van der Waals surface area contributed by atoms with Crippen LogP contribution < -0.4 is 0 Å². The van der Waals surface area contributed by atoms with Crippen LogP contribution in [0.15, 0.2) is 12.2 Å². The summed E-state index contributed by atoms with van der Waals surface area (Å²) in [7, 11) is 0. The van der Waals surface area contributed by atoms with Crippen LogP contribution in [0.5, 0.6) is 0 Å². The minimum absolute atomic E-state index is 0.159. The molecule has 0 spiro atoms. The largest absolute Gasteiger partial charge is 0.462 e. The van der Waals surface area contributed by atoms with Gasteiger partial charge in [-0.15, -0.1) is 0 Å². The van der Waals surface area contributed by atoms with Gasteiger partial charge in [0.15, 0.2) is 18.7 Å². The summed E-state index contributed by atoms with van der Waals surface area (Å²) in [6.45, 7) is 2.54. The molecule has 0 aromatic heterocycles. The fourth-order valence-electron chi connectivity index (χ4n) is 7.33. The van der Waals surface area contributed by atoms with Gasteiger partial charge < -0.3 is 64.2 Å². The standard InChI is InChI=1S/C45H82O15/c1-3-5-7-9-11-13-14-15-16-17-18-20-22-24-26-28-37(48)58-33(30-55-36(47)27-25-23-21-19-12-10-8-6-4-2)31-56-44-43(54)41(52)39(50)35(60-44)32-57-45-42(53)40(51)38(49)34(29-46)59-45/h15-16,33-35,38-46,49-54H,3-14,17-32H2,1-2H3/b16-15+/t33-,34-,35-,38+,39+,40?,41?,42?,43?,44-,45-/m1/s1. The van der Waals surface area contributed by atoms with Gasteiger partial charge in [0.25, 0.3) is 0 Å². The minimum atomic E-state index is -1.76. The number of hydrogen-bond donors (Lipinski definition) is 7. The second-order valence-electron chi connectivity index (χ2n) is 16.6. The van der Waals surface area contributed by atoms with Gasteiger partial charge in [-0.05, 0) is 38.5 Å². The van der Waals surface area contributed by atoms with Crippen molar-refractivity contribution in [3.05, 3.63) is 12.2 Å². The third-order valence-electron chi connectivity index (χ3n) is 11.2. The molecule has 2 heterocycles. The Labute approximate surface area is 359 Å². The van der Waals surface area contributed by atoms with Crippen molar-refractivity contribution in [2.24, 2.45) is 0 Å². The zero-order valence-corrected chi connectivity index (χ0v) is 36.7. The molecule has 15 nitrogen and oxygen atoms in total. The molecule has 2 aliphatic heterocycles. The lowest BCUT2D eigenvalue weighted by Crippen LogP contribution is -2.61. The van der Waals surface area contributed by atoms with Gasteiger partial charge in [0.05, 0.1) is 19.8 Å². The Hall–Kier alpha value is -1.76. The second-order valence-corrected chi connectivity index (χ2v) is 16.6. The van der Waals surface area contributed by atoms with Crippen molar-refractivity contribution in [1.29, 1.82) is 0 Å². The van der Waals surface area contributed by atoms with Crippen LogP contribution in [0, 0.1) is 0 Å². The summed E-state index contributed by atoms with van der Waals surface area (Å²) in [6, 6.07) is 0. The van der Waals surface area contributed by atoms with Crippen molar-refractivity contribution in [3.8, 4) is 0 Å². The SMILES string of the molecule is CCCCCCCC/C=C/CCCCCCCC(=O)O[C@H](COC(=O)CCCCCCCCCCC)CO[C@@H]1O[C@H](CO[C@@H]2O[C@H](CO)[C@H](O)C(O)C2O)[C@H](O)C(O)C1O. The third kappa shape index (κ3) is 22.5. The van der Waals surface area contributed by atoms with Crippen LogP contribution >= 0.6 is 0 Å². The van der Waals surface area contributed by atoms with Crippen LogP contribution in [0.4, 0.5) is 0 Å². The molecular formula is C45H82O15. The molecule has 0 amide bonds. The van der Waals surface area contributed by atoms with E-state index in [0.717, 1.165) is 57.8 Å². The molecule has 2 saturated heterocycles. The molecule has 2 rings (SSSR count). The molecule has 0 bridgehead atoms. The summed E-state index contributed by atoms with van der Waals surface area (Å²) in [5, 5.41) is 71.8. The Balaban J connectivity index is 1.85. The number of carbonyl (C=O) groups is 2. The second kappa shape index (κ2) is 33.8. The summed E-state index contributed by atoms with van der Waals surface area (Å²) in [5.74, 6) is -0.934. The van der Waals surface area contributed by atoms with Gasteiger partial charge >= 0.3 is 11.9 Å². The number of hydrogen-bond acceptors (Lipinski definition) is 15. The smallest absolute Gasteiger partial charge is 0.306 e. The zero-order chi connectivity index (χ0) is 44.0. The highest BCUT2D eigenvalue weighted by atomic mass is 16.7. The number of rotatable bonds is 35. The van der Waals surface area contributed by atoms with Crippen molar-refractivity contribution in [1.82, 2.24) is 0 Å². The molecule has 2 aliphatic rings. The molecular weight excluding hydrogens is 780 g/mol. The highest BCUT2D eigenvalue weighted by Gasteiger charge is 2.47. The average Bonchev–Trinajstić information content (AvgIpc) is 3.24. The molecule has 352 valence electrons. The lowest BCUT2D eigenvalue weighted by Gasteiger charge is -2.42. The molecule has 60 heavy (non-hydrogen) atoms. The maximum Gasteiger partial charge on any atom is 0.306 e. The molecule has 4 unspecified atom stereocenters. The first kappa shape index (κ1) is 54.4. The summed E-state index contributed by atoms with van der Waals surface area (Å²) < 4.78 is 33.4. The van der Waals surface area contributed by atoms with Gasteiger partial charge in [-0.2, -0.15) is 0 Å². The molecule has 15 heteroatoms. The number of esters is 2. The first-order chi connectivity index (χ1) is 29.0. The van der Waals surface area contributed by atoms with Crippen LogP contribution in [0.2, 0.25) is 0 Å². The van der Waals surface area contributed by atoms with E-state index in [9.17, 15) is 45.3 Å². The van der Waals surface area contributed by atoms with Gasteiger partial charge in [-0.25, -0.2) is 0 Å². The molecule has 11 atom stereocenters. The average molecular weight is 863 g/mol. The lowest BCUT2D eigenvalue weighted by atomic mass is 9.98. The van der Waals surface area contributed by atoms with Crippen molar-refractivity contribution in [3.63, 3.8) is 0 Å². The van der Waals surface area contributed by atoms with E-state index in [-0.39, 0.29) is 26.1 Å². The van der Waals surface area contributed by atoms with E-state index < -0.39 is 92.7 Å². The Morgan fingerprint density at radius 2 is 0.950 bits per heavy atom. The summed E-state index contributed by atoms with van der Waals surface area (Å²) in [4.78, 5) is 25.6. The molecule has 2 fully saturated rings. The summed E-state index contributed by atoms with van der Waals surface area (Å²) in [5.41, 5.74) is 0. The number of ether oxygens (including phenoxy) is 6. The van der Waals surface area contributed by atoms with Crippen LogP contribution in [0.3, 0.4) is 0 Å². The predicted octanol–water partition coefficient (Wildman–Crippen LogP) is 5.04. The molecule has 0 saturated carbocycles. The maximum atomic E-state index is 12.9. The van der Waals surface area contributed by atoms with E-state index in [0.29, 0.717) is 12.8 Å². The van der Waals surface area contributed by atoms with E-state index in [1.54, 1.807) is 0 Å². The van der Waals surface area contributed by atoms with Crippen molar-refractivity contribution in [2.75, 3.05) is 26.4 Å². The zero-order valence-electron chi connectivity index (χ0n) is 36.7. The van der Waals surface area contributed by atoms with E-state index in [1.165, 1.54) is 70.6 Å². The van der Waals surface area contributed by atoms with Crippen LogP contribution in [-0.2, 0) is 38.0 Å². The molecule has 0 radical (unpaired) electrons. The molecule has 0 aromatic rings. The summed E-state index contributed by atoms with van der Waals surface area (Å²) in [6.07, 6.45) is 12.6. The highest BCUT2D eigenvalue weighted by molar-refractivity contribution is 5.70. The number of unbranched alkanes of at least 4 members (excludes halogenated alkanes) is 19. The number of allylic oxidation sites excluding steroid dienone is 2. The Kier molecular flexibility index (Phi) is 30.6. The molecule has 0 aliphatic carbocycles. The Morgan fingerprint density at radius 3 is 1.47 bits per heavy atom. The van der Waals surface area contributed by atoms with Crippen molar-refractivity contribution in [2.45, 2.75) is 235 Å². The van der Waals surface area contributed by atoms with Crippen molar-refractivity contribution >= 4 is 11.9 Å². The van der Waals surface area contributed by atoms with E-state index >= 15 is 0 Å². The fraction of sp³-hybridized carbons (Fsp3) is 0.911. The normalized spacial score (nSPS) is 27.6. The van der Waals surface area contributed by atoms with Crippen LogP contribution in [0.1, 0.15) is 168 Å². The lowest BCUT2D eigenvalue weighted by molar-refractivity contribution is -0.332. The number of aliphatic hydroxyl groups is 7. The van der Waals surface area contributed by atoms with Gasteiger partial charge in [-0.3, -0.25) is 9.59 Å². The third-order valence-corrected chi connectivity index (χ3v) is 11.2. The monoisotopic (exact) mass is 863 g/mol. The van der Waals surface area contributed by atoms with E-state index in [4.69, 9.17) is 28.4 Å². The first-order valence-corrected chi connectivity index (χ1v) is 23.3. The van der Waals surface area contributed by atoms with Crippen LogP contribution in [0.25, 0.3) is 0 Å². The quantitative estimate of drug-likeness (QED) is 0.0252. The Morgan fingerprint density at radius 1 is 0.517 bits per heavy atom. The number of carbonyl (C=O) groups excluding carboxylic acids is 2. The Bertz CT molecular complexity index is 1110. The van der Waals surface area contributed by atoms with Gasteiger partial charge in [0.2, 0.25) is 0 Å². The predicted molar refractivity (Wildman–Crippen MR) is 224 cm³/mol. The first-order valence-electron chi connectivity index (χ1n) is 23.3. The molecule has 0 aromatic carbocycles. The van der Waals surface area contributed by atoms with E-state index in [2.05, 4.69) is 26.0 Å². The van der Waals surface area contributed by atoms with Crippen LogP contribution in [-0.4, -0.2) is 142 Å². The maximum absolute atomic E-state index is 12.9. The number of aliphatic hydroxyl groups excluding tert-OH is 7. The summed E-state index contributed by atoms with van der Waals surface area (Å²) >= 11 is 0. The van der Waals surface area contributed by atoms with Gasteiger partial charge in [0.1, 0.15) is 55.4 Å². The van der Waals surface area contributed by atoms with Gasteiger partial charge in [-0.1, -0.05) is 129 Å².